The Kier molecular flexibility index (Phi) is 47.4. The van der Waals surface area contributed by atoms with Crippen LogP contribution in [0, 0.1) is 23.3 Å². The van der Waals surface area contributed by atoms with E-state index in [9.17, 15) is 17.6 Å². The maximum atomic E-state index is 13.8. The molecule has 0 spiro atoms. The molecule has 2 aromatic heterocycles. The van der Waals surface area contributed by atoms with Crippen LogP contribution in [0.1, 0.15) is 1.43 Å². The van der Waals surface area contributed by atoms with Crippen LogP contribution in [-0.2, 0) is 30.1 Å². The zero-order valence-electron chi connectivity index (χ0n) is 67.3. The number of hydrogen-bond acceptors (Lipinski definition) is 5. The van der Waals surface area contributed by atoms with Gasteiger partial charge in [0.05, 0.1) is 0 Å². The fourth-order valence-electron chi connectivity index (χ4n) is 11.6. The van der Waals surface area contributed by atoms with Gasteiger partial charge in [0.1, 0.15) is 23.3 Å². The van der Waals surface area contributed by atoms with E-state index >= 15 is 0 Å². The van der Waals surface area contributed by atoms with Crippen molar-refractivity contribution in [2.45, 2.75) is 0 Å². The molecule has 0 fully saturated rings. The first-order valence-corrected chi connectivity index (χ1v) is 45.3. The van der Waals surface area contributed by atoms with Gasteiger partial charge in [-0.2, -0.15) is 0 Å². The first kappa shape index (κ1) is 100.0. The first-order valence-electron chi connectivity index (χ1n) is 37.4. The fourth-order valence-corrected chi connectivity index (χ4v) is 30.5. The Bertz CT molecular complexity index is 5270. The monoisotopic (exact) mass is 1880 g/mol. The van der Waals surface area contributed by atoms with Gasteiger partial charge in [0, 0.05) is 59.1 Å². The molecule has 2 heterocycles. The van der Waals surface area contributed by atoms with E-state index in [1.807, 2.05) is 60.7 Å². The zero-order chi connectivity index (χ0) is 82.6. The predicted octanol–water partition coefficient (Wildman–Crippen LogP) is 19.0. The van der Waals surface area contributed by atoms with E-state index in [1.54, 1.807) is 36.7 Å². The molecule has 18 rings (SSSR count). The molecule has 0 aliphatic heterocycles. The summed E-state index contributed by atoms with van der Waals surface area (Å²) in [5.74, 6) is -1.15. The number of fused-ring (bicyclic) bond motifs is 2. The summed E-state index contributed by atoms with van der Waals surface area (Å²) in [7, 11) is -0.432. The molecule has 4 atom stereocenters. The van der Waals surface area contributed by atoms with E-state index in [2.05, 4.69) is 346 Å². The summed E-state index contributed by atoms with van der Waals surface area (Å²) in [6, 6.07) is 149. The standard InChI is InChI=1S/C24H22P4.C14H9F2N.4C12H10.C8H5BrFN.C6H6BFO2.CH2O3.2K.Pd.H/c1-5-13-21(14-6-1)25-27(23-17-9-3-10-18-23)28(24-19-11-4-12-20-24)26-22-15-7-2-8-16-22;15-11-3-1-9(2-4-11)10-7-13(16)12-5-6-17-14(12)8-10;4*1-3-7-11(8-4-1)12-9-5-2-6-10-12;9-5-3-7(10)6-1-2-11-8(6)4-5;8-6-3-1-5(2-4-6)7(9)10;2-1-4-3;;;;/h1-20,25-26H;1-8,17H;4*1-10H;1-4,11H;1-4,9-10H;1,3H;;;;/q;;;;;;;;;2*+1;;-1/p-1. The largest absolute Gasteiger partial charge is 1.00 e. The van der Waals surface area contributed by atoms with Crippen LogP contribution in [-0.4, -0.2) is 33.6 Å². The summed E-state index contributed by atoms with van der Waals surface area (Å²) < 4.78 is 52.5. The van der Waals surface area contributed by atoms with Crippen LogP contribution in [0.4, 0.5) is 17.6 Å². The molecule has 0 saturated heterocycles. The second-order valence-corrected chi connectivity index (χ2v) is 39.0. The minimum absolute atomic E-state index is 0. The van der Waals surface area contributed by atoms with Gasteiger partial charge in [0.25, 0.3) is 6.47 Å². The Morgan fingerprint density at radius 2 is 0.570 bits per heavy atom. The summed E-state index contributed by atoms with van der Waals surface area (Å²) >= 11 is 3.21. The van der Waals surface area contributed by atoms with Gasteiger partial charge in [-0.3, -0.25) is 4.79 Å². The molecule has 598 valence electrons. The third-order valence-corrected chi connectivity index (χ3v) is 35.5. The number of carbonyl (C=O) groups excluding carboxylic acids is 1. The Morgan fingerprint density at radius 3 is 0.843 bits per heavy atom. The molecule has 7 nitrogen and oxygen atoms in total. The second-order valence-electron chi connectivity index (χ2n) is 25.5. The summed E-state index contributed by atoms with van der Waals surface area (Å²) in [6.45, 7) is -0.181. The van der Waals surface area contributed by atoms with E-state index in [1.165, 1.54) is 114 Å². The number of carbonyl (C=O) groups is 1. The minimum Gasteiger partial charge on any atom is -1.00 e. The number of hydrogen-bond donors (Lipinski definition) is 4. The number of rotatable bonds is 14. The molecule has 0 amide bonds. The molecule has 16 aromatic carbocycles. The smallest absolute Gasteiger partial charge is 1.00 e. The van der Waals surface area contributed by atoms with Crippen LogP contribution in [0.5, 0.6) is 0 Å². The van der Waals surface area contributed by atoms with Gasteiger partial charge in [-0.25, -0.2) is 17.6 Å². The van der Waals surface area contributed by atoms with Crippen molar-refractivity contribution in [3.8, 4) is 55.6 Å². The first-order chi connectivity index (χ1) is 57.9. The summed E-state index contributed by atoms with van der Waals surface area (Å²) in [5.41, 5.74) is 13.6. The molecule has 18 aromatic rings. The summed E-state index contributed by atoms with van der Waals surface area (Å²) in [6.07, 6.45) is 3.42. The van der Waals surface area contributed by atoms with Crippen molar-refractivity contribution < 1.29 is 167 Å². The molecule has 0 radical (unpaired) electrons. The molecular weight excluding hydrogens is 1800 g/mol. The van der Waals surface area contributed by atoms with Gasteiger partial charge in [-0.05, 0) is 158 Å². The van der Waals surface area contributed by atoms with Crippen LogP contribution in [0.15, 0.2) is 466 Å². The molecule has 20 heteroatoms. The molecule has 4 N–H and O–H groups in total. The second kappa shape index (κ2) is 57.3. The van der Waals surface area contributed by atoms with Crippen molar-refractivity contribution in [3.05, 3.63) is 489 Å². The predicted molar refractivity (Wildman–Crippen MR) is 496 cm³/mol. The Labute approximate surface area is 820 Å². The third kappa shape index (κ3) is 34.8. The molecule has 121 heavy (non-hydrogen) atoms. The fraction of sp³-hybridized carbons (Fsp3) is 0. The molecule has 0 aliphatic carbocycles. The van der Waals surface area contributed by atoms with E-state index in [4.69, 9.17) is 20.1 Å². The number of aromatic nitrogens is 2. The van der Waals surface area contributed by atoms with E-state index < -0.39 is 7.12 Å². The quantitative estimate of drug-likeness (QED) is 0.0216. The van der Waals surface area contributed by atoms with Crippen LogP contribution < -0.4 is 135 Å². The molecule has 0 aliphatic rings. The summed E-state index contributed by atoms with van der Waals surface area (Å²) in [5, 5.41) is 32.7. The van der Waals surface area contributed by atoms with E-state index in [-0.39, 0.29) is 169 Å². The van der Waals surface area contributed by atoms with Gasteiger partial charge >= 0.3 is 110 Å². The topological polar surface area (TPSA) is 121 Å². The Hall–Kier alpha value is -8.13. The average molecular weight is 1880 g/mol. The van der Waals surface area contributed by atoms with Crippen molar-refractivity contribution in [1.29, 1.82) is 0 Å². The van der Waals surface area contributed by atoms with Crippen molar-refractivity contribution in [2.75, 3.05) is 0 Å². The van der Waals surface area contributed by atoms with Gasteiger partial charge in [0.15, 0.2) is 0 Å². The van der Waals surface area contributed by atoms with Crippen molar-refractivity contribution in [1.82, 2.24) is 9.97 Å². The normalized spacial score (nSPS) is 10.5. The van der Waals surface area contributed by atoms with E-state index in [0.29, 0.717) is 16.2 Å². The van der Waals surface area contributed by atoms with Crippen LogP contribution in [0.2, 0.25) is 0 Å². The van der Waals surface area contributed by atoms with Crippen LogP contribution in [0.3, 0.4) is 0 Å². The van der Waals surface area contributed by atoms with Crippen LogP contribution in [0.25, 0.3) is 77.4 Å². The minimum atomic E-state index is -1.51. The summed E-state index contributed by atoms with van der Waals surface area (Å²) in [4.78, 5) is 17.1. The molecule has 0 bridgehead atoms. The Morgan fingerprint density at radius 1 is 0.331 bits per heavy atom. The van der Waals surface area contributed by atoms with Gasteiger partial charge in [-0.1, -0.05) is 421 Å². The molecular formula is C101H84BBrF4K2N2O5P4Pd. The SMILES string of the molecule is Fc1cc(Br)cc2[nH]ccc12.Fc1ccc(-c2cc(F)c3cc[nH]c3c2)cc1.O=CO[O-].OB(O)c1ccc(F)cc1.[H-].[K+].[K+].[Pd].c1ccc(-c2ccccc2)cc1.c1ccc(-c2ccccc2)cc1.c1ccc(-c2ccccc2)cc1.c1ccc(-c2ccccc2)cc1.c1ccc(PP(c2ccccc2)P(Pc2ccccc2)c2ccccc2)cc1. The number of H-pyrrole nitrogens is 2. The van der Waals surface area contributed by atoms with E-state index in [0.717, 1.165) is 43.2 Å². The molecule has 0 saturated carbocycles. The number of benzene rings is 16. The van der Waals surface area contributed by atoms with Gasteiger partial charge in [0.2, 0.25) is 0 Å². The number of aromatic amines is 2. The number of halogens is 5. The van der Waals surface area contributed by atoms with Crippen molar-refractivity contribution >= 4 is 109 Å². The van der Waals surface area contributed by atoms with Crippen molar-refractivity contribution in [3.63, 3.8) is 0 Å². The zero-order valence-corrected chi connectivity index (χ0v) is 79.4. The van der Waals surface area contributed by atoms with Crippen LogP contribution >= 0.6 is 47.1 Å². The van der Waals surface area contributed by atoms with Crippen molar-refractivity contribution in [2.24, 2.45) is 0 Å². The average Bonchev–Trinajstić information content (AvgIpc) is 1.30. The molecule has 4 unspecified atom stereocenters. The number of nitrogens with one attached hydrogen (secondary N) is 2. The maximum absolute atomic E-state index is 13.8. The maximum Gasteiger partial charge on any atom is 1.00 e. The van der Waals surface area contributed by atoms with Gasteiger partial charge in [-0.15, -0.1) is 0 Å². The van der Waals surface area contributed by atoms with Gasteiger partial charge < -0.3 is 31.6 Å². The third-order valence-electron chi connectivity index (χ3n) is 17.3. The Balaban J connectivity index is 0.000000219.